The molecule has 0 saturated carbocycles. The number of hydrogen-bond acceptors (Lipinski definition) is 5. The third kappa shape index (κ3) is 3.92. The van der Waals surface area contributed by atoms with E-state index < -0.39 is 16.4 Å². The van der Waals surface area contributed by atoms with Crippen molar-refractivity contribution in [3.8, 4) is 5.75 Å². The van der Waals surface area contributed by atoms with Gasteiger partial charge in [0.25, 0.3) is 17.2 Å². The van der Waals surface area contributed by atoms with Gasteiger partial charge in [0, 0.05) is 17.8 Å². The number of nitrogens with one attached hydrogen (secondary N) is 2. The summed E-state index contributed by atoms with van der Waals surface area (Å²) in [6, 6.07) is 8.50. The topological polar surface area (TPSA) is 114 Å². The van der Waals surface area contributed by atoms with Crippen LogP contribution < -0.4 is 15.6 Å². The summed E-state index contributed by atoms with van der Waals surface area (Å²) in [4.78, 5) is 35.8. The molecule has 0 atom stereocenters. The van der Waals surface area contributed by atoms with E-state index in [1.54, 1.807) is 13.0 Å². The van der Waals surface area contributed by atoms with Gasteiger partial charge in [0.1, 0.15) is 11.4 Å². The van der Waals surface area contributed by atoms with Gasteiger partial charge in [-0.25, -0.2) is 0 Å². The zero-order valence-electron chi connectivity index (χ0n) is 11.7. The molecule has 0 bridgehead atoms. The van der Waals surface area contributed by atoms with Crippen molar-refractivity contribution < 1.29 is 14.5 Å². The number of rotatable bonds is 5. The highest BCUT2D eigenvalue weighted by Gasteiger charge is 2.08. The van der Waals surface area contributed by atoms with Crippen LogP contribution >= 0.6 is 0 Å². The first-order valence-corrected chi connectivity index (χ1v) is 6.33. The Morgan fingerprint density at radius 2 is 1.95 bits per heavy atom. The van der Waals surface area contributed by atoms with E-state index in [9.17, 15) is 19.7 Å². The second-order valence-corrected chi connectivity index (χ2v) is 4.47. The number of nitrogens with zero attached hydrogens (tertiary/aromatic N) is 1. The van der Waals surface area contributed by atoms with Gasteiger partial charge in [0.2, 0.25) is 0 Å². The number of aromatic nitrogens is 1. The van der Waals surface area contributed by atoms with Gasteiger partial charge in [-0.05, 0) is 31.2 Å². The maximum atomic E-state index is 11.7. The molecule has 0 spiro atoms. The van der Waals surface area contributed by atoms with E-state index in [0.29, 0.717) is 11.4 Å². The number of non-ortho nitro benzene ring substituents is 1. The lowest BCUT2D eigenvalue weighted by Crippen LogP contribution is -2.24. The fourth-order valence-electron chi connectivity index (χ4n) is 1.67. The molecule has 0 saturated heterocycles. The van der Waals surface area contributed by atoms with Crippen LogP contribution in [0.25, 0.3) is 0 Å². The van der Waals surface area contributed by atoms with Gasteiger partial charge < -0.3 is 15.0 Å². The molecule has 0 aliphatic carbocycles. The number of nitro benzene ring substituents is 1. The number of aryl methyl sites for hydroxylation is 1. The average Bonchev–Trinajstić information content (AvgIpc) is 2.48. The minimum absolute atomic E-state index is 0.0667. The summed E-state index contributed by atoms with van der Waals surface area (Å²) in [7, 11) is 0. The molecular formula is C14H13N3O5. The number of carbonyl (C=O) groups is 1. The van der Waals surface area contributed by atoms with Crippen LogP contribution in [0.1, 0.15) is 5.69 Å². The number of pyridine rings is 1. The summed E-state index contributed by atoms with van der Waals surface area (Å²) in [6.45, 7) is 1.41. The first-order chi connectivity index (χ1) is 10.5. The molecule has 2 N–H and O–H groups in total. The molecule has 0 aliphatic rings. The molecule has 1 amide bonds. The molecule has 8 nitrogen and oxygen atoms in total. The van der Waals surface area contributed by atoms with E-state index in [0.717, 1.165) is 0 Å². The van der Waals surface area contributed by atoms with Crippen LogP contribution in [-0.2, 0) is 4.79 Å². The van der Waals surface area contributed by atoms with Gasteiger partial charge in [-0.3, -0.25) is 19.7 Å². The van der Waals surface area contributed by atoms with Gasteiger partial charge in [0.15, 0.2) is 6.61 Å². The molecule has 1 heterocycles. The Labute approximate surface area is 124 Å². The molecule has 0 unspecified atom stereocenters. The number of nitro groups is 1. The standard InChI is InChI=1S/C14H13N3O5/c1-9-2-7-12(14(19)15-9)16-13(18)8-22-11-5-3-10(4-6-11)17(20)21/h2-7H,8H2,1H3,(H,15,19)(H,16,18). The van der Waals surface area contributed by atoms with Crippen LogP contribution in [-0.4, -0.2) is 22.4 Å². The van der Waals surface area contributed by atoms with Crippen molar-refractivity contribution in [1.29, 1.82) is 0 Å². The molecule has 1 aromatic heterocycles. The van der Waals surface area contributed by atoms with Crippen LogP contribution in [0.2, 0.25) is 0 Å². The van der Waals surface area contributed by atoms with Gasteiger partial charge >= 0.3 is 0 Å². The van der Waals surface area contributed by atoms with Crippen molar-refractivity contribution in [2.75, 3.05) is 11.9 Å². The summed E-state index contributed by atoms with van der Waals surface area (Å²) in [5, 5.41) is 12.9. The van der Waals surface area contributed by atoms with E-state index >= 15 is 0 Å². The molecule has 2 aromatic rings. The highest BCUT2D eigenvalue weighted by atomic mass is 16.6. The van der Waals surface area contributed by atoms with Crippen LogP contribution in [0.4, 0.5) is 11.4 Å². The SMILES string of the molecule is Cc1ccc(NC(=O)COc2ccc([N+](=O)[O-])cc2)c(=O)[nH]1. The predicted molar refractivity (Wildman–Crippen MR) is 79.0 cm³/mol. The van der Waals surface area contributed by atoms with Crippen LogP contribution in [0.5, 0.6) is 5.75 Å². The van der Waals surface area contributed by atoms with Crippen molar-refractivity contribution in [1.82, 2.24) is 4.98 Å². The third-order valence-corrected chi connectivity index (χ3v) is 2.75. The number of aromatic amines is 1. The Bertz CT molecular complexity index is 752. The fourth-order valence-corrected chi connectivity index (χ4v) is 1.67. The summed E-state index contributed by atoms with van der Waals surface area (Å²) in [5.74, 6) is -0.189. The molecule has 0 aliphatic heterocycles. The summed E-state index contributed by atoms with van der Waals surface area (Å²) in [5.41, 5.74) is 0.347. The van der Waals surface area contributed by atoms with E-state index in [4.69, 9.17) is 4.74 Å². The number of ether oxygens (including phenoxy) is 1. The number of amides is 1. The van der Waals surface area contributed by atoms with E-state index in [1.165, 1.54) is 30.3 Å². The molecule has 0 fully saturated rings. The van der Waals surface area contributed by atoms with Crippen molar-refractivity contribution in [2.45, 2.75) is 6.92 Å². The quantitative estimate of drug-likeness (QED) is 0.643. The minimum atomic E-state index is -0.528. The normalized spacial score (nSPS) is 10.0. The first kappa shape index (κ1) is 15.2. The second-order valence-electron chi connectivity index (χ2n) is 4.47. The van der Waals surface area contributed by atoms with Gasteiger partial charge in [0.05, 0.1) is 4.92 Å². The molecule has 114 valence electrons. The second kappa shape index (κ2) is 6.53. The van der Waals surface area contributed by atoms with Crippen LogP contribution in [0.3, 0.4) is 0 Å². The van der Waals surface area contributed by atoms with Crippen molar-refractivity contribution in [2.24, 2.45) is 0 Å². The Kier molecular flexibility index (Phi) is 4.52. The number of H-pyrrole nitrogens is 1. The maximum absolute atomic E-state index is 11.7. The van der Waals surface area contributed by atoms with E-state index in [1.807, 2.05) is 0 Å². The Morgan fingerprint density at radius 1 is 1.27 bits per heavy atom. The molecular weight excluding hydrogens is 290 g/mol. The van der Waals surface area contributed by atoms with Crippen LogP contribution in [0, 0.1) is 17.0 Å². The number of benzene rings is 1. The highest BCUT2D eigenvalue weighted by Crippen LogP contribution is 2.17. The number of anilines is 1. The average molecular weight is 303 g/mol. The van der Waals surface area contributed by atoms with E-state index in [-0.39, 0.29) is 18.0 Å². The third-order valence-electron chi connectivity index (χ3n) is 2.75. The number of hydrogen-bond donors (Lipinski definition) is 2. The fraction of sp³-hybridized carbons (Fsp3) is 0.143. The maximum Gasteiger partial charge on any atom is 0.271 e. The van der Waals surface area contributed by atoms with Crippen molar-refractivity contribution in [3.63, 3.8) is 0 Å². The Balaban J connectivity index is 1.92. The molecule has 2 rings (SSSR count). The molecule has 0 radical (unpaired) electrons. The largest absolute Gasteiger partial charge is 0.484 e. The predicted octanol–water partition coefficient (Wildman–Crippen LogP) is 1.61. The Morgan fingerprint density at radius 3 is 2.55 bits per heavy atom. The van der Waals surface area contributed by atoms with Gasteiger partial charge in [-0.2, -0.15) is 0 Å². The lowest BCUT2D eigenvalue weighted by atomic mass is 10.3. The van der Waals surface area contributed by atoms with E-state index in [2.05, 4.69) is 10.3 Å². The number of carbonyl (C=O) groups excluding carboxylic acids is 1. The monoisotopic (exact) mass is 303 g/mol. The lowest BCUT2D eigenvalue weighted by molar-refractivity contribution is -0.384. The summed E-state index contributed by atoms with van der Waals surface area (Å²) in [6.07, 6.45) is 0. The molecule has 1 aromatic carbocycles. The lowest BCUT2D eigenvalue weighted by Gasteiger charge is -2.07. The zero-order chi connectivity index (χ0) is 16.1. The summed E-state index contributed by atoms with van der Waals surface area (Å²) < 4.78 is 5.19. The Hall–Kier alpha value is -3.16. The van der Waals surface area contributed by atoms with Gasteiger partial charge in [-0.15, -0.1) is 0 Å². The van der Waals surface area contributed by atoms with Crippen molar-refractivity contribution >= 4 is 17.3 Å². The molecule has 22 heavy (non-hydrogen) atoms. The highest BCUT2D eigenvalue weighted by molar-refractivity contribution is 5.91. The molecule has 8 heteroatoms. The van der Waals surface area contributed by atoms with Crippen molar-refractivity contribution in [3.05, 3.63) is 62.6 Å². The smallest absolute Gasteiger partial charge is 0.271 e. The zero-order valence-corrected chi connectivity index (χ0v) is 11.7. The van der Waals surface area contributed by atoms with Crippen LogP contribution in [0.15, 0.2) is 41.2 Å². The first-order valence-electron chi connectivity index (χ1n) is 6.33. The van der Waals surface area contributed by atoms with Gasteiger partial charge in [-0.1, -0.05) is 0 Å². The minimum Gasteiger partial charge on any atom is -0.484 e. The summed E-state index contributed by atoms with van der Waals surface area (Å²) >= 11 is 0.